The lowest BCUT2D eigenvalue weighted by atomic mass is 10.1. The Bertz CT molecular complexity index is 689. The maximum atomic E-state index is 11.8. The average molecular weight is 329 g/mol. The number of rotatable bonds is 4. The van der Waals surface area contributed by atoms with Crippen molar-refractivity contribution >= 4 is 28.9 Å². The van der Waals surface area contributed by atoms with Crippen LogP contribution in [0.4, 0.5) is 5.69 Å². The van der Waals surface area contributed by atoms with Gasteiger partial charge in [-0.25, -0.2) is 0 Å². The third kappa shape index (κ3) is 5.27. The van der Waals surface area contributed by atoms with Crippen molar-refractivity contribution in [3.63, 3.8) is 0 Å². The summed E-state index contributed by atoms with van der Waals surface area (Å²) in [5.74, 6) is 0.383. The molecule has 0 atom stereocenters. The lowest BCUT2D eigenvalue weighted by molar-refractivity contribution is -0.123. The van der Waals surface area contributed by atoms with Gasteiger partial charge in [-0.3, -0.25) is 15.6 Å². The first-order chi connectivity index (χ1) is 11.1. The number of anilines is 1. The van der Waals surface area contributed by atoms with E-state index in [0.29, 0.717) is 10.9 Å². The molecule has 5 nitrogen and oxygen atoms in total. The summed E-state index contributed by atoms with van der Waals surface area (Å²) in [6.07, 6.45) is 0. The standard InChI is InChI=1S/C17H19N3O2S/c1-12-7-6-10-15(13(12)2)22-11-16(21)19-20-17(23)18-14-8-4-3-5-9-14/h3-10H,11H2,1-2H3,(H,19,21)(H2,18,20,23). The van der Waals surface area contributed by atoms with Gasteiger partial charge >= 0.3 is 0 Å². The first-order valence-electron chi connectivity index (χ1n) is 7.16. The molecule has 0 unspecified atom stereocenters. The van der Waals surface area contributed by atoms with Gasteiger partial charge < -0.3 is 10.1 Å². The monoisotopic (exact) mass is 329 g/mol. The van der Waals surface area contributed by atoms with Gasteiger partial charge in [0.2, 0.25) is 0 Å². The number of para-hydroxylation sites is 1. The fourth-order valence-corrected chi connectivity index (χ4v) is 2.04. The van der Waals surface area contributed by atoms with E-state index in [9.17, 15) is 4.79 Å². The molecule has 3 N–H and O–H groups in total. The summed E-state index contributed by atoms with van der Waals surface area (Å²) in [6.45, 7) is 3.86. The van der Waals surface area contributed by atoms with Gasteiger partial charge in [0.1, 0.15) is 5.75 Å². The number of carbonyl (C=O) groups is 1. The molecule has 0 saturated carbocycles. The zero-order valence-electron chi connectivity index (χ0n) is 13.1. The highest BCUT2D eigenvalue weighted by Crippen LogP contribution is 2.20. The second kappa shape index (κ2) is 8.14. The van der Waals surface area contributed by atoms with Crippen LogP contribution < -0.4 is 20.9 Å². The minimum atomic E-state index is -0.317. The molecular weight excluding hydrogens is 310 g/mol. The molecule has 23 heavy (non-hydrogen) atoms. The number of hydrazine groups is 1. The van der Waals surface area contributed by atoms with Crippen molar-refractivity contribution in [3.05, 3.63) is 59.7 Å². The molecule has 0 saturated heterocycles. The van der Waals surface area contributed by atoms with Crippen molar-refractivity contribution in [3.8, 4) is 5.75 Å². The lowest BCUT2D eigenvalue weighted by Gasteiger charge is -2.13. The molecule has 0 aliphatic heterocycles. The fourth-order valence-electron chi connectivity index (χ4n) is 1.87. The van der Waals surface area contributed by atoms with Crippen molar-refractivity contribution in [2.45, 2.75) is 13.8 Å². The Labute approximate surface area is 141 Å². The van der Waals surface area contributed by atoms with Crippen molar-refractivity contribution in [1.82, 2.24) is 10.9 Å². The van der Waals surface area contributed by atoms with Gasteiger partial charge in [0.05, 0.1) is 0 Å². The first-order valence-corrected chi connectivity index (χ1v) is 7.57. The summed E-state index contributed by atoms with van der Waals surface area (Å²) in [6, 6.07) is 15.2. The Kier molecular flexibility index (Phi) is 5.94. The predicted octanol–water partition coefficient (Wildman–Crippen LogP) is 2.70. The second-order valence-corrected chi connectivity index (χ2v) is 5.39. The van der Waals surface area contributed by atoms with Gasteiger partial charge in [-0.15, -0.1) is 0 Å². The Morgan fingerprint density at radius 1 is 1.04 bits per heavy atom. The zero-order chi connectivity index (χ0) is 16.7. The number of amides is 1. The molecule has 6 heteroatoms. The number of aryl methyl sites for hydroxylation is 1. The molecular formula is C17H19N3O2S. The van der Waals surface area contributed by atoms with Crippen LogP contribution in [0.5, 0.6) is 5.75 Å². The minimum absolute atomic E-state index is 0.0920. The zero-order valence-corrected chi connectivity index (χ0v) is 13.9. The van der Waals surface area contributed by atoms with E-state index in [1.165, 1.54) is 0 Å². The van der Waals surface area contributed by atoms with Crippen LogP contribution in [0.1, 0.15) is 11.1 Å². The highest BCUT2D eigenvalue weighted by molar-refractivity contribution is 7.80. The summed E-state index contributed by atoms with van der Waals surface area (Å²) in [4.78, 5) is 11.8. The molecule has 120 valence electrons. The lowest BCUT2D eigenvalue weighted by Crippen LogP contribution is -2.45. The molecule has 0 fully saturated rings. The molecule has 1 amide bonds. The van der Waals surface area contributed by atoms with E-state index in [4.69, 9.17) is 17.0 Å². The average Bonchev–Trinajstić information content (AvgIpc) is 2.55. The summed E-state index contributed by atoms with van der Waals surface area (Å²) < 4.78 is 5.51. The predicted molar refractivity (Wildman–Crippen MR) is 95.4 cm³/mol. The number of thiocarbonyl (C=S) groups is 1. The summed E-state index contributed by atoms with van der Waals surface area (Å²) in [5, 5.41) is 3.25. The molecule has 0 aliphatic rings. The van der Waals surface area contributed by atoms with Gasteiger partial charge in [-0.2, -0.15) is 0 Å². The molecule has 0 radical (unpaired) electrons. The number of carbonyl (C=O) groups excluding carboxylic acids is 1. The van der Waals surface area contributed by atoms with E-state index in [2.05, 4.69) is 16.2 Å². The van der Waals surface area contributed by atoms with Crippen LogP contribution in [-0.4, -0.2) is 17.6 Å². The Balaban J connectivity index is 1.75. The molecule has 0 heterocycles. The van der Waals surface area contributed by atoms with Crippen LogP contribution in [0.15, 0.2) is 48.5 Å². The normalized spacial score (nSPS) is 9.83. The summed E-state index contributed by atoms with van der Waals surface area (Å²) >= 11 is 5.09. The molecule has 0 spiro atoms. The highest BCUT2D eigenvalue weighted by Gasteiger charge is 2.06. The highest BCUT2D eigenvalue weighted by atomic mass is 32.1. The van der Waals surface area contributed by atoms with Gasteiger partial charge in [-0.1, -0.05) is 30.3 Å². The van der Waals surface area contributed by atoms with Crippen LogP contribution >= 0.6 is 12.2 Å². The van der Waals surface area contributed by atoms with Crippen molar-refractivity contribution in [2.24, 2.45) is 0 Å². The van der Waals surface area contributed by atoms with Crippen LogP contribution in [0.2, 0.25) is 0 Å². The number of nitrogens with one attached hydrogen (secondary N) is 3. The first kappa shape index (κ1) is 16.8. The van der Waals surface area contributed by atoms with Crippen LogP contribution in [0.25, 0.3) is 0 Å². The maximum absolute atomic E-state index is 11.8. The van der Waals surface area contributed by atoms with Gasteiger partial charge in [0.25, 0.3) is 5.91 Å². The van der Waals surface area contributed by atoms with E-state index < -0.39 is 0 Å². The number of ether oxygens (including phenoxy) is 1. The Morgan fingerprint density at radius 2 is 1.78 bits per heavy atom. The van der Waals surface area contributed by atoms with Gasteiger partial charge in [-0.05, 0) is 55.4 Å². The molecule has 0 bridgehead atoms. The van der Waals surface area contributed by atoms with E-state index in [1.54, 1.807) is 0 Å². The summed E-state index contributed by atoms with van der Waals surface area (Å²) in [5.41, 5.74) is 8.10. The van der Waals surface area contributed by atoms with E-state index >= 15 is 0 Å². The molecule has 2 aromatic rings. The topological polar surface area (TPSA) is 62.4 Å². The second-order valence-electron chi connectivity index (χ2n) is 4.98. The summed E-state index contributed by atoms with van der Waals surface area (Å²) in [7, 11) is 0. The van der Waals surface area contributed by atoms with Crippen LogP contribution in [0, 0.1) is 13.8 Å². The largest absolute Gasteiger partial charge is 0.483 e. The van der Waals surface area contributed by atoms with E-state index in [1.807, 2.05) is 62.4 Å². The third-order valence-corrected chi connectivity index (χ3v) is 3.46. The molecule has 0 aliphatic carbocycles. The van der Waals surface area contributed by atoms with Gasteiger partial charge in [0, 0.05) is 5.69 Å². The van der Waals surface area contributed by atoms with Gasteiger partial charge in [0.15, 0.2) is 11.7 Å². The molecule has 0 aromatic heterocycles. The van der Waals surface area contributed by atoms with Crippen molar-refractivity contribution < 1.29 is 9.53 Å². The SMILES string of the molecule is Cc1cccc(OCC(=O)NNC(=S)Nc2ccccc2)c1C. The molecule has 2 rings (SSSR count). The quantitative estimate of drug-likeness (QED) is 0.595. The van der Waals surface area contributed by atoms with Crippen LogP contribution in [-0.2, 0) is 4.79 Å². The number of hydrogen-bond donors (Lipinski definition) is 3. The van der Waals surface area contributed by atoms with Crippen LogP contribution in [0.3, 0.4) is 0 Å². The number of benzene rings is 2. The smallest absolute Gasteiger partial charge is 0.276 e. The van der Waals surface area contributed by atoms with E-state index in [-0.39, 0.29) is 12.5 Å². The number of hydrogen-bond acceptors (Lipinski definition) is 3. The van der Waals surface area contributed by atoms with Crippen molar-refractivity contribution in [2.75, 3.05) is 11.9 Å². The maximum Gasteiger partial charge on any atom is 0.276 e. The molecule has 2 aromatic carbocycles. The third-order valence-electron chi connectivity index (χ3n) is 3.26. The fraction of sp³-hybridized carbons (Fsp3) is 0.176. The Morgan fingerprint density at radius 3 is 2.52 bits per heavy atom. The van der Waals surface area contributed by atoms with Crippen molar-refractivity contribution in [1.29, 1.82) is 0 Å². The minimum Gasteiger partial charge on any atom is -0.483 e. The Hall–Kier alpha value is -2.60. The van der Waals surface area contributed by atoms with E-state index in [0.717, 1.165) is 16.8 Å².